The summed E-state index contributed by atoms with van der Waals surface area (Å²) >= 11 is 0. The molecular weight excluding hydrogens is 220 g/mol. The Balaban J connectivity index is 2.09. The van der Waals surface area contributed by atoms with Crippen molar-refractivity contribution in [2.45, 2.75) is 25.7 Å². The molecule has 2 rings (SSSR count). The minimum Gasteiger partial charge on any atom is -0.319 e. The third kappa shape index (κ3) is 3.33. The molecule has 0 spiro atoms. The molecule has 0 bridgehead atoms. The minimum absolute atomic E-state index is 0.671. The highest BCUT2D eigenvalue weighted by Crippen LogP contribution is 2.32. The summed E-state index contributed by atoms with van der Waals surface area (Å²) in [5, 5.41) is 3.38. The second kappa shape index (κ2) is 6.35. The Bertz CT molecular complexity index is 350. The van der Waals surface area contributed by atoms with E-state index in [0.717, 1.165) is 12.5 Å². The van der Waals surface area contributed by atoms with Crippen LogP contribution in [0.5, 0.6) is 0 Å². The lowest BCUT2D eigenvalue weighted by molar-refractivity contribution is 0.197. The van der Waals surface area contributed by atoms with Gasteiger partial charge in [-0.1, -0.05) is 29.8 Å². The van der Waals surface area contributed by atoms with E-state index in [1.165, 1.54) is 37.1 Å². The number of nitrogens with zero attached hydrogens (tertiary/aromatic N) is 1. The van der Waals surface area contributed by atoms with Gasteiger partial charge in [-0.25, -0.2) is 0 Å². The monoisotopic (exact) mass is 246 g/mol. The predicted octanol–water partition coefficient (Wildman–Crippen LogP) is 2.64. The summed E-state index contributed by atoms with van der Waals surface area (Å²) in [5.74, 6) is 1.50. The van der Waals surface area contributed by atoms with E-state index >= 15 is 0 Å². The molecule has 0 amide bonds. The van der Waals surface area contributed by atoms with Crippen molar-refractivity contribution in [3.63, 3.8) is 0 Å². The average Bonchev–Trinajstić information content (AvgIpc) is 2.39. The van der Waals surface area contributed by atoms with Crippen LogP contribution in [0.15, 0.2) is 24.3 Å². The number of aryl methyl sites for hydroxylation is 1. The lowest BCUT2D eigenvalue weighted by Gasteiger charge is -2.34. The predicted molar refractivity (Wildman–Crippen MR) is 78.1 cm³/mol. The van der Waals surface area contributed by atoms with E-state index < -0.39 is 0 Å². The molecule has 1 saturated heterocycles. The maximum Gasteiger partial charge on any atom is 0.00198 e. The summed E-state index contributed by atoms with van der Waals surface area (Å²) in [4.78, 5) is 2.45. The van der Waals surface area contributed by atoms with Crippen LogP contribution in [-0.2, 0) is 0 Å². The van der Waals surface area contributed by atoms with Crippen molar-refractivity contribution < 1.29 is 0 Å². The molecule has 0 aromatic heterocycles. The quantitative estimate of drug-likeness (QED) is 0.878. The van der Waals surface area contributed by atoms with Crippen LogP contribution in [0.3, 0.4) is 0 Å². The number of likely N-dealkylation sites (tertiary alicyclic amines) is 1. The average molecular weight is 246 g/mol. The first-order valence-electron chi connectivity index (χ1n) is 7.10. The molecular formula is C16H26N2. The van der Waals surface area contributed by atoms with Crippen molar-refractivity contribution in [1.29, 1.82) is 0 Å². The normalized spacial score (nSPS) is 19.9. The second-order valence-electron chi connectivity index (χ2n) is 5.72. The van der Waals surface area contributed by atoms with Crippen LogP contribution in [-0.4, -0.2) is 38.6 Å². The molecule has 1 atom stereocenters. The zero-order chi connectivity index (χ0) is 13.0. The van der Waals surface area contributed by atoms with Crippen LogP contribution in [0.25, 0.3) is 0 Å². The molecule has 0 radical (unpaired) electrons. The van der Waals surface area contributed by atoms with Gasteiger partial charge in [0.15, 0.2) is 0 Å². The first-order valence-corrected chi connectivity index (χ1v) is 7.10. The number of nitrogens with one attached hydrogen (secondary N) is 1. The molecule has 1 N–H and O–H groups in total. The van der Waals surface area contributed by atoms with Gasteiger partial charge in [0.05, 0.1) is 0 Å². The van der Waals surface area contributed by atoms with Crippen molar-refractivity contribution in [2.24, 2.45) is 5.92 Å². The van der Waals surface area contributed by atoms with Crippen molar-refractivity contribution in [2.75, 3.05) is 33.7 Å². The number of rotatable bonds is 4. The lowest BCUT2D eigenvalue weighted by Crippen LogP contribution is -2.35. The van der Waals surface area contributed by atoms with Gasteiger partial charge in [0.2, 0.25) is 0 Å². The van der Waals surface area contributed by atoms with Gasteiger partial charge in [-0.3, -0.25) is 0 Å². The number of benzene rings is 1. The fraction of sp³-hybridized carbons (Fsp3) is 0.625. The molecule has 0 aliphatic carbocycles. The molecule has 1 aliphatic rings. The van der Waals surface area contributed by atoms with Crippen molar-refractivity contribution in [3.05, 3.63) is 35.4 Å². The third-order valence-electron chi connectivity index (χ3n) is 4.26. The fourth-order valence-electron chi connectivity index (χ4n) is 3.02. The van der Waals surface area contributed by atoms with Gasteiger partial charge in [-0.05, 0) is 64.3 Å². The molecule has 1 heterocycles. The standard InChI is InChI=1S/C16H26N2/c1-13-4-6-14(7-5-13)16(12-17-2)15-8-10-18(3)11-9-15/h4-7,15-17H,8-12H2,1-3H3. The maximum absolute atomic E-state index is 3.38. The van der Waals surface area contributed by atoms with Gasteiger partial charge in [0.1, 0.15) is 0 Å². The zero-order valence-electron chi connectivity index (χ0n) is 11.9. The summed E-state index contributed by atoms with van der Waals surface area (Å²) in [6.07, 6.45) is 2.66. The van der Waals surface area contributed by atoms with E-state index in [4.69, 9.17) is 0 Å². The number of piperidine rings is 1. The number of likely N-dealkylation sites (N-methyl/N-ethyl adjacent to an activating group) is 1. The summed E-state index contributed by atoms with van der Waals surface area (Å²) in [6.45, 7) is 5.75. The van der Waals surface area contributed by atoms with Crippen LogP contribution in [0.2, 0.25) is 0 Å². The van der Waals surface area contributed by atoms with Gasteiger partial charge >= 0.3 is 0 Å². The molecule has 1 unspecified atom stereocenters. The van der Waals surface area contributed by atoms with Crippen molar-refractivity contribution in [3.8, 4) is 0 Å². The largest absolute Gasteiger partial charge is 0.319 e. The second-order valence-corrected chi connectivity index (χ2v) is 5.72. The first-order chi connectivity index (χ1) is 8.70. The molecule has 2 heteroatoms. The summed E-state index contributed by atoms with van der Waals surface area (Å²) < 4.78 is 0. The van der Waals surface area contributed by atoms with Gasteiger partial charge in [0, 0.05) is 6.54 Å². The highest BCUT2D eigenvalue weighted by molar-refractivity contribution is 5.25. The highest BCUT2D eigenvalue weighted by atomic mass is 15.1. The fourth-order valence-corrected chi connectivity index (χ4v) is 3.02. The SMILES string of the molecule is CNCC(c1ccc(C)cc1)C1CCN(C)CC1. The van der Waals surface area contributed by atoms with E-state index in [1.807, 2.05) is 0 Å². The summed E-state index contributed by atoms with van der Waals surface area (Å²) in [7, 11) is 4.30. The summed E-state index contributed by atoms with van der Waals surface area (Å²) in [5.41, 5.74) is 2.86. The Kier molecular flexibility index (Phi) is 4.79. The molecule has 100 valence electrons. The Morgan fingerprint density at radius 2 is 1.83 bits per heavy atom. The van der Waals surface area contributed by atoms with E-state index in [-0.39, 0.29) is 0 Å². The number of hydrogen-bond acceptors (Lipinski definition) is 2. The first kappa shape index (κ1) is 13.6. The van der Waals surface area contributed by atoms with Gasteiger partial charge in [-0.2, -0.15) is 0 Å². The van der Waals surface area contributed by atoms with Crippen LogP contribution in [0.1, 0.15) is 29.9 Å². The smallest absolute Gasteiger partial charge is 0.00198 e. The Labute approximate surface area is 111 Å². The Morgan fingerprint density at radius 3 is 2.39 bits per heavy atom. The molecule has 18 heavy (non-hydrogen) atoms. The molecule has 1 fully saturated rings. The van der Waals surface area contributed by atoms with Crippen LogP contribution in [0, 0.1) is 12.8 Å². The third-order valence-corrected chi connectivity index (χ3v) is 4.26. The Hall–Kier alpha value is -0.860. The Morgan fingerprint density at radius 1 is 1.22 bits per heavy atom. The van der Waals surface area contributed by atoms with Crippen LogP contribution < -0.4 is 5.32 Å². The molecule has 1 aromatic carbocycles. The van der Waals surface area contributed by atoms with Crippen molar-refractivity contribution >= 4 is 0 Å². The van der Waals surface area contributed by atoms with Crippen LogP contribution in [0.4, 0.5) is 0 Å². The van der Waals surface area contributed by atoms with Crippen molar-refractivity contribution in [1.82, 2.24) is 10.2 Å². The summed E-state index contributed by atoms with van der Waals surface area (Å²) in [6, 6.07) is 9.12. The van der Waals surface area contributed by atoms with E-state index in [0.29, 0.717) is 5.92 Å². The van der Waals surface area contributed by atoms with Gasteiger partial charge in [-0.15, -0.1) is 0 Å². The molecule has 2 nitrogen and oxygen atoms in total. The molecule has 0 saturated carbocycles. The minimum atomic E-state index is 0.671. The lowest BCUT2D eigenvalue weighted by atomic mass is 9.80. The molecule has 1 aromatic rings. The van der Waals surface area contributed by atoms with Gasteiger partial charge in [0.25, 0.3) is 0 Å². The topological polar surface area (TPSA) is 15.3 Å². The zero-order valence-corrected chi connectivity index (χ0v) is 11.9. The van der Waals surface area contributed by atoms with E-state index in [9.17, 15) is 0 Å². The molecule has 1 aliphatic heterocycles. The van der Waals surface area contributed by atoms with E-state index in [1.54, 1.807) is 0 Å². The van der Waals surface area contributed by atoms with E-state index in [2.05, 4.69) is 55.5 Å². The highest BCUT2D eigenvalue weighted by Gasteiger charge is 2.25. The van der Waals surface area contributed by atoms with Gasteiger partial charge < -0.3 is 10.2 Å². The van der Waals surface area contributed by atoms with Crippen LogP contribution >= 0.6 is 0 Å². The number of hydrogen-bond donors (Lipinski definition) is 1. The maximum atomic E-state index is 3.38.